The summed E-state index contributed by atoms with van der Waals surface area (Å²) in [5.41, 5.74) is 0.224. The van der Waals surface area contributed by atoms with Crippen LogP contribution in [0.5, 0.6) is 0 Å². The van der Waals surface area contributed by atoms with E-state index >= 15 is 0 Å². The Morgan fingerprint density at radius 3 is 2.55 bits per heavy atom. The molecule has 0 aliphatic carbocycles. The van der Waals surface area contributed by atoms with Crippen LogP contribution in [0.1, 0.15) is 5.56 Å². The van der Waals surface area contributed by atoms with Gasteiger partial charge in [0.05, 0.1) is 28.5 Å². The third kappa shape index (κ3) is 4.50. The average Bonchev–Trinajstić information content (AvgIpc) is 2.47. The van der Waals surface area contributed by atoms with Crippen LogP contribution in [0.25, 0.3) is 0 Å². The molecule has 2 rings (SSSR count). The molecule has 1 aliphatic rings. The summed E-state index contributed by atoms with van der Waals surface area (Å²) in [6.45, 7) is 0.393. The monoisotopic (exact) mass is 328 g/mol. The lowest BCUT2D eigenvalue weighted by atomic mass is 10.2. The van der Waals surface area contributed by atoms with Crippen LogP contribution in [0.2, 0.25) is 0 Å². The molecular weight excluding hydrogens is 312 g/mol. The summed E-state index contributed by atoms with van der Waals surface area (Å²) in [6.07, 6.45) is 0. The van der Waals surface area contributed by atoms with Crippen LogP contribution in [0, 0.1) is 10.1 Å². The maximum atomic E-state index is 11.7. The van der Waals surface area contributed by atoms with Gasteiger partial charge in [0.1, 0.15) is 6.61 Å². The van der Waals surface area contributed by atoms with E-state index < -0.39 is 20.7 Å². The topological polar surface area (TPSA) is 107 Å². The van der Waals surface area contributed by atoms with E-state index in [1.165, 1.54) is 18.2 Å². The fraction of sp³-hybridized carbons (Fsp3) is 0.462. The van der Waals surface area contributed by atoms with Crippen LogP contribution in [0.15, 0.2) is 24.3 Å². The Morgan fingerprint density at radius 2 is 1.91 bits per heavy atom. The van der Waals surface area contributed by atoms with Gasteiger partial charge in [0.2, 0.25) is 0 Å². The molecule has 0 radical (unpaired) electrons. The molecule has 1 aliphatic heterocycles. The molecule has 0 bridgehead atoms. The lowest BCUT2D eigenvalue weighted by molar-refractivity contribution is -0.385. The highest BCUT2D eigenvalue weighted by molar-refractivity contribution is 7.91. The Morgan fingerprint density at radius 1 is 1.27 bits per heavy atom. The highest BCUT2D eigenvalue weighted by Gasteiger charge is 2.23. The standard InChI is InChI=1S/C13H16N2O6S/c16-13(9-14-5-7-22(19,20)8-6-14)21-10-11-3-1-2-4-12(11)15(17)18/h1-4H,5-10H2. The summed E-state index contributed by atoms with van der Waals surface area (Å²) in [5.74, 6) is -0.466. The van der Waals surface area contributed by atoms with E-state index in [0.29, 0.717) is 18.7 Å². The van der Waals surface area contributed by atoms with Crippen LogP contribution in [-0.4, -0.2) is 55.4 Å². The van der Waals surface area contributed by atoms with Crippen molar-refractivity contribution >= 4 is 21.5 Å². The third-order valence-corrected chi connectivity index (χ3v) is 4.98. The minimum absolute atomic E-state index is 0.0177. The van der Waals surface area contributed by atoms with Crippen LogP contribution < -0.4 is 0 Å². The zero-order chi connectivity index (χ0) is 16.2. The first-order valence-corrected chi connectivity index (χ1v) is 8.50. The Hall–Kier alpha value is -2.00. The summed E-state index contributed by atoms with van der Waals surface area (Å²) in [5, 5.41) is 10.8. The van der Waals surface area contributed by atoms with Crippen molar-refractivity contribution in [3.05, 3.63) is 39.9 Å². The van der Waals surface area contributed by atoms with Crippen molar-refractivity contribution in [1.29, 1.82) is 0 Å². The molecule has 0 saturated carbocycles. The van der Waals surface area contributed by atoms with Crippen LogP contribution in [0.4, 0.5) is 5.69 Å². The fourth-order valence-corrected chi connectivity index (χ4v) is 3.38. The summed E-state index contributed by atoms with van der Waals surface area (Å²) in [7, 11) is -2.99. The Balaban J connectivity index is 1.85. The number of rotatable bonds is 5. The minimum Gasteiger partial charge on any atom is -0.460 e. The smallest absolute Gasteiger partial charge is 0.320 e. The normalized spacial score (nSPS) is 17.8. The molecule has 120 valence electrons. The van der Waals surface area contributed by atoms with Gasteiger partial charge in [-0.1, -0.05) is 12.1 Å². The number of benzene rings is 1. The second kappa shape index (κ2) is 6.84. The molecule has 0 N–H and O–H groups in total. The predicted molar refractivity (Wildman–Crippen MR) is 78.0 cm³/mol. The lowest BCUT2D eigenvalue weighted by Gasteiger charge is -2.25. The Kier molecular flexibility index (Phi) is 5.09. The van der Waals surface area contributed by atoms with E-state index in [-0.39, 0.29) is 30.3 Å². The van der Waals surface area contributed by atoms with E-state index in [1.807, 2.05) is 0 Å². The zero-order valence-electron chi connectivity index (χ0n) is 11.8. The Labute approximate surface area is 127 Å². The number of nitrogens with zero attached hydrogens (tertiary/aromatic N) is 2. The van der Waals surface area contributed by atoms with Crippen LogP contribution >= 0.6 is 0 Å². The highest BCUT2D eigenvalue weighted by atomic mass is 32.2. The van der Waals surface area contributed by atoms with Gasteiger partial charge in [0, 0.05) is 19.2 Å². The van der Waals surface area contributed by atoms with Crippen LogP contribution in [-0.2, 0) is 26.0 Å². The van der Waals surface area contributed by atoms with Crippen molar-refractivity contribution in [2.75, 3.05) is 31.1 Å². The van der Waals surface area contributed by atoms with Gasteiger partial charge in [-0.25, -0.2) is 8.42 Å². The first-order valence-electron chi connectivity index (χ1n) is 6.68. The third-order valence-electron chi connectivity index (χ3n) is 3.37. The maximum absolute atomic E-state index is 11.7. The molecule has 8 nitrogen and oxygen atoms in total. The lowest BCUT2D eigenvalue weighted by Crippen LogP contribution is -2.43. The number of esters is 1. The second-order valence-electron chi connectivity index (χ2n) is 4.97. The SMILES string of the molecule is O=C(CN1CCS(=O)(=O)CC1)OCc1ccccc1[N+](=O)[O-]. The van der Waals surface area contributed by atoms with Crippen molar-refractivity contribution in [2.24, 2.45) is 0 Å². The summed E-state index contributed by atoms with van der Waals surface area (Å²) in [4.78, 5) is 23.8. The van der Waals surface area contributed by atoms with Gasteiger partial charge in [-0.15, -0.1) is 0 Å². The molecule has 9 heteroatoms. The quantitative estimate of drug-likeness (QED) is 0.436. The van der Waals surface area contributed by atoms with Crippen molar-refractivity contribution in [3.63, 3.8) is 0 Å². The van der Waals surface area contributed by atoms with Gasteiger partial charge in [0.15, 0.2) is 9.84 Å². The van der Waals surface area contributed by atoms with Crippen molar-refractivity contribution in [3.8, 4) is 0 Å². The molecule has 1 heterocycles. The van der Waals surface area contributed by atoms with Gasteiger partial charge < -0.3 is 4.74 Å². The molecule has 0 aromatic heterocycles. The number of nitro groups is 1. The van der Waals surface area contributed by atoms with Gasteiger partial charge in [-0.3, -0.25) is 19.8 Å². The zero-order valence-corrected chi connectivity index (χ0v) is 12.6. The summed E-state index contributed by atoms with van der Waals surface area (Å²) in [6, 6.07) is 6.04. The average molecular weight is 328 g/mol. The molecule has 0 atom stereocenters. The molecule has 1 aromatic rings. The van der Waals surface area contributed by atoms with Crippen LogP contribution in [0.3, 0.4) is 0 Å². The van der Waals surface area contributed by atoms with E-state index in [1.54, 1.807) is 11.0 Å². The van der Waals surface area contributed by atoms with E-state index in [2.05, 4.69) is 0 Å². The molecule has 22 heavy (non-hydrogen) atoms. The second-order valence-corrected chi connectivity index (χ2v) is 7.28. The van der Waals surface area contributed by atoms with Crippen molar-refractivity contribution < 1.29 is 22.9 Å². The van der Waals surface area contributed by atoms with Gasteiger partial charge >= 0.3 is 5.97 Å². The first kappa shape index (κ1) is 16.4. The van der Waals surface area contributed by atoms with Gasteiger partial charge in [-0.05, 0) is 6.07 Å². The largest absolute Gasteiger partial charge is 0.460 e. The first-order chi connectivity index (χ1) is 10.4. The Bertz CT molecular complexity index is 659. The van der Waals surface area contributed by atoms with Crippen molar-refractivity contribution in [2.45, 2.75) is 6.61 Å². The molecule has 0 amide bonds. The van der Waals surface area contributed by atoms with Gasteiger partial charge in [0.25, 0.3) is 5.69 Å². The molecule has 1 fully saturated rings. The molecular formula is C13H16N2O6S. The number of sulfone groups is 1. The fourth-order valence-electron chi connectivity index (χ4n) is 2.11. The summed E-state index contributed by atoms with van der Waals surface area (Å²) >= 11 is 0. The molecule has 1 aromatic carbocycles. The number of hydrogen-bond acceptors (Lipinski definition) is 7. The highest BCUT2D eigenvalue weighted by Crippen LogP contribution is 2.18. The predicted octanol–water partition coefficient (Wildman–Crippen LogP) is 0.368. The number of carbonyl (C=O) groups excluding carboxylic acids is 1. The van der Waals surface area contributed by atoms with E-state index in [0.717, 1.165) is 0 Å². The number of nitro benzene ring substituents is 1. The maximum Gasteiger partial charge on any atom is 0.320 e. The molecule has 0 spiro atoms. The van der Waals surface area contributed by atoms with Crippen molar-refractivity contribution in [1.82, 2.24) is 4.90 Å². The summed E-state index contributed by atoms with van der Waals surface area (Å²) < 4.78 is 27.6. The van der Waals surface area contributed by atoms with E-state index in [4.69, 9.17) is 4.74 Å². The number of hydrogen-bond donors (Lipinski definition) is 0. The van der Waals surface area contributed by atoms with E-state index in [9.17, 15) is 23.3 Å². The van der Waals surface area contributed by atoms with Gasteiger partial charge in [-0.2, -0.15) is 0 Å². The number of para-hydroxylation sites is 1. The minimum atomic E-state index is -2.99. The number of ether oxygens (including phenoxy) is 1. The molecule has 0 unspecified atom stereocenters. The number of carbonyl (C=O) groups is 1. The molecule has 1 saturated heterocycles.